The number of hydrogen-bond acceptors (Lipinski definition) is 1. The summed E-state index contributed by atoms with van der Waals surface area (Å²) in [6.07, 6.45) is 0.785. The molecule has 1 unspecified atom stereocenters. The van der Waals surface area contributed by atoms with Crippen LogP contribution in [0.25, 0.3) is 0 Å². The predicted molar refractivity (Wildman–Crippen MR) is 63.3 cm³/mol. The lowest BCUT2D eigenvalue weighted by Gasteiger charge is -2.42. The van der Waals surface area contributed by atoms with Gasteiger partial charge in [-0.1, -0.05) is 55.4 Å². The highest BCUT2D eigenvalue weighted by Gasteiger charge is 2.38. The first-order valence-corrected chi connectivity index (χ1v) is 5.54. The molecule has 0 saturated heterocycles. The van der Waals surface area contributed by atoms with Crippen molar-refractivity contribution in [1.82, 2.24) is 0 Å². The molecule has 0 aliphatic rings. The number of rotatable bonds is 2. The lowest BCUT2D eigenvalue weighted by Crippen LogP contribution is -2.41. The van der Waals surface area contributed by atoms with Gasteiger partial charge < -0.3 is 5.11 Å². The standard InChI is InChI=1S/C13H28O/c1-11(2,3)9-13(7,8)10(14)12(4,5)6/h10,14H,9H2,1-8H3. The first kappa shape index (κ1) is 14.0. The van der Waals surface area contributed by atoms with Gasteiger partial charge in [-0.3, -0.25) is 0 Å². The first-order chi connectivity index (χ1) is 5.86. The summed E-state index contributed by atoms with van der Waals surface area (Å²) < 4.78 is 0. The van der Waals surface area contributed by atoms with E-state index in [-0.39, 0.29) is 22.3 Å². The van der Waals surface area contributed by atoms with Gasteiger partial charge in [0.1, 0.15) is 0 Å². The highest BCUT2D eigenvalue weighted by molar-refractivity contribution is 4.89. The average Bonchev–Trinajstić information content (AvgIpc) is 1.78. The number of hydrogen-bond donors (Lipinski definition) is 1. The minimum absolute atomic E-state index is 0.0174. The van der Waals surface area contributed by atoms with Crippen molar-refractivity contribution in [2.45, 2.75) is 67.9 Å². The largest absolute Gasteiger partial charge is 0.392 e. The third-order valence-electron chi connectivity index (χ3n) is 2.55. The summed E-state index contributed by atoms with van der Waals surface area (Å²) in [4.78, 5) is 0. The third-order valence-corrected chi connectivity index (χ3v) is 2.55. The third kappa shape index (κ3) is 4.45. The van der Waals surface area contributed by atoms with Crippen LogP contribution in [0.4, 0.5) is 0 Å². The van der Waals surface area contributed by atoms with Crippen molar-refractivity contribution < 1.29 is 5.11 Å². The van der Waals surface area contributed by atoms with E-state index in [0.29, 0.717) is 0 Å². The monoisotopic (exact) mass is 200 g/mol. The van der Waals surface area contributed by atoms with Crippen molar-refractivity contribution in [3.8, 4) is 0 Å². The molecule has 86 valence electrons. The normalized spacial score (nSPS) is 16.9. The Morgan fingerprint density at radius 3 is 1.43 bits per heavy atom. The van der Waals surface area contributed by atoms with Crippen LogP contribution < -0.4 is 0 Å². The van der Waals surface area contributed by atoms with Crippen LogP contribution in [-0.4, -0.2) is 11.2 Å². The van der Waals surface area contributed by atoms with Crippen molar-refractivity contribution in [3.05, 3.63) is 0 Å². The van der Waals surface area contributed by atoms with Gasteiger partial charge in [-0.05, 0) is 22.7 Å². The fourth-order valence-corrected chi connectivity index (χ4v) is 2.64. The van der Waals surface area contributed by atoms with Gasteiger partial charge in [-0.15, -0.1) is 0 Å². The van der Waals surface area contributed by atoms with E-state index >= 15 is 0 Å². The summed E-state index contributed by atoms with van der Waals surface area (Å²) >= 11 is 0. The van der Waals surface area contributed by atoms with E-state index in [1.54, 1.807) is 0 Å². The van der Waals surface area contributed by atoms with Crippen molar-refractivity contribution >= 4 is 0 Å². The van der Waals surface area contributed by atoms with E-state index in [4.69, 9.17) is 0 Å². The number of aliphatic hydroxyl groups is 1. The Morgan fingerprint density at radius 1 is 0.857 bits per heavy atom. The van der Waals surface area contributed by atoms with Crippen molar-refractivity contribution in [2.24, 2.45) is 16.2 Å². The summed E-state index contributed by atoms with van der Waals surface area (Å²) in [7, 11) is 0. The van der Waals surface area contributed by atoms with E-state index < -0.39 is 0 Å². The Bertz CT molecular complexity index is 178. The minimum Gasteiger partial charge on any atom is -0.392 e. The summed E-state index contributed by atoms with van der Waals surface area (Å²) in [5.41, 5.74) is 0.223. The predicted octanol–water partition coefficient (Wildman–Crippen LogP) is 3.86. The molecule has 1 N–H and O–H groups in total. The quantitative estimate of drug-likeness (QED) is 0.717. The summed E-state index contributed by atoms with van der Waals surface area (Å²) in [5, 5.41) is 10.3. The molecule has 0 fully saturated rings. The van der Waals surface area contributed by atoms with E-state index in [9.17, 15) is 5.11 Å². The molecule has 1 heteroatoms. The zero-order valence-electron chi connectivity index (χ0n) is 11.2. The zero-order valence-corrected chi connectivity index (χ0v) is 11.2. The highest BCUT2D eigenvalue weighted by atomic mass is 16.3. The number of aliphatic hydroxyl groups excluding tert-OH is 1. The van der Waals surface area contributed by atoms with Crippen LogP contribution >= 0.6 is 0 Å². The van der Waals surface area contributed by atoms with Gasteiger partial charge in [-0.25, -0.2) is 0 Å². The summed E-state index contributed by atoms with van der Waals surface area (Å²) in [6.45, 7) is 17.3. The molecule has 0 aromatic heterocycles. The molecular formula is C13H28O. The van der Waals surface area contributed by atoms with Crippen LogP contribution in [0.5, 0.6) is 0 Å². The molecule has 1 nitrogen and oxygen atoms in total. The molecule has 0 rings (SSSR count). The van der Waals surface area contributed by atoms with Crippen LogP contribution in [0.2, 0.25) is 0 Å². The van der Waals surface area contributed by atoms with Crippen molar-refractivity contribution in [2.75, 3.05) is 0 Å². The first-order valence-electron chi connectivity index (χ1n) is 5.54. The second kappa shape index (κ2) is 3.84. The summed E-state index contributed by atoms with van der Waals surface area (Å²) in [6, 6.07) is 0. The molecule has 0 spiro atoms. The van der Waals surface area contributed by atoms with Crippen LogP contribution in [0.3, 0.4) is 0 Å². The van der Waals surface area contributed by atoms with E-state index in [1.165, 1.54) is 0 Å². The van der Waals surface area contributed by atoms with Gasteiger partial charge in [-0.2, -0.15) is 0 Å². The molecular weight excluding hydrogens is 172 g/mol. The maximum Gasteiger partial charge on any atom is 0.0639 e. The Hall–Kier alpha value is -0.0400. The lowest BCUT2D eigenvalue weighted by atomic mass is 9.66. The molecule has 0 bridgehead atoms. The van der Waals surface area contributed by atoms with Crippen LogP contribution in [0.1, 0.15) is 61.8 Å². The zero-order chi connectivity index (χ0) is 11.8. The van der Waals surface area contributed by atoms with E-state index in [2.05, 4.69) is 55.4 Å². The topological polar surface area (TPSA) is 20.2 Å². The Morgan fingerprint density at radius 2 is 1.21 bits per heavy atom. The molecule has 0 heterocycles. The Balaban J connectivity index is 4.63. The van der Waals surface area contributed by atoms with Gasteiger partial charge >= 0.3 is 0 Å². The van der Waals surface area contributed by atoms with Crippen LogP contribution in [0, 0.1) is 16.2 Å². The minimum atomic E-state index is -0.255. The summed E-state index contributed by atoms with van der Waals surface area (Å²) in [5.74, 6) is 0. The van der Waals surface area contributed by atoms with Gasteiger partial charge in [0.15, 0.2) is 0 Å². The SMILES string of the molecule is CC(C)(C)CC(C)(C)C(O)C(C)(C)C. The fraction of sp³-hybridized carbons (Fsp3) is 1.00. The maximum atomic E-state index is 10.3. The lowest BCUT2D eigenvalue weighted by molar-refractivity contribution is -0.0499. The average molecular weight is 200 g/mol. The second-order valence-corrected chi connectivity index (χ2v) is 7.49. The molecule has 0 aromatic rings. The second-order valence-electron chi connectivity index (χ2n) is 7.49. The van der Waals surface area contributed by atoms with Gasteiger partial charge in [0.25, 0.3) is 0 Å². The molecule has 0 aliphatic carbocycles. The molecule has 14 heavy (non-hydrogen) atoms. The highest BCUT2D eigenvalue weighted by Crippen LogP contribution is 2.41. The molecule has 0 saturated carbocycles. The Kier molecular flexibility index (Phi) is 3.83. The molecule has 0 aromatic carbocycles. The van der Waals surface area contributed by atoms with Crippen LogP contribution in [-0.2, 0) is 0 Å². The van der Waals surface area contributed by atoms with E-state index in [0.717, 1.165) is 6.42 Å². The van der Waals surface area contributed by atoms with Gasteiger partial charge in [0.2, 0.25) is 0 Å². The Labute approximate surface area is 89.9 Å². The molecule has 0 amide bonds. The fourth-order valence-electron chi connectivity index (χ4n) is 2.64. The van der Waals surface area contributed by atoms with Crippen molar-refractivity contribution in [1.29, 1.82) is 0 Å². The maximum absolute atomic E-state index is 10.3. The molecule has 0 aliphatic heterocycles. The van der Waals surface area contributed by atoms with Gasteiger partial charge in [0, 0.05) is 0 Å². The van der Waals surface area contributed by atoms with Gasteiger partial charge in [0.05, 0.1) is 6.10 Å². The molecule has 1 atom stereocenters. The van der Waals surface area contributed by atoms with Crippen LogP contribution in [0.15, 0.2) is 0 Å². The molecule has 0 radical (unpaired) electrons. The van der Waals surface area contributed by atoms with Crippen molar-refractivity contribution in [3.63, 3.8) is 0 Å². The smallest absolute Gasteiger partial charge is 0.0639 e. The van der Waals surface area contributed by atoms with E-state index in [1.807, 2.05) is 0 Å².